The number of anilines is 1. The van der Waals surface area contributed by atoms with E-state index < -0.39 is 0 Å². The van der Waals surface area contributed by atoms with E-state index in [-0.39, 0.29) is 0 Å². The monoisotopic (exact) mass is 233 g/mol. The van der Waals surface area contributed by atoms with Gasteiger partial charge in [-0.15, -0.1) is 22.7 Å². The van der Waals surface area contributed by atoms with Crippen LogP contribution >= 0.6 is 22.7 Å². The number of aromatic nitrogens is 2. The lowest BCUT2D eigenvalue weighted by Crippen LogP contribution is -1.87. The van der Waals surface area contributed by atoms with E-state index in [4.69, 9.17) is 5.73 Å². The number of nitrogen functional groups attached to an aromatic ring is 1. The van der Waals surface area contributed by atoms with Crippen LogP contribution in [-0.4, -0.2) is 9.97 Å². The molecular formula is C10H7N3S2. The molecule has 15 heavy (non-hydrogen) atoms. The van der Waals surface area contributed by atoms with Crippen molar-refractivity contribution in [2.75, 3.05) is 5.73 Å². The molecule has 3 aromatic heterocycles. The van der Waals surface area contributed by atoms with Crippen molar-refractivity contribution in [1.82, 2.24) is 9.97 Å². The Balaban J connectivity index is 2.27. The van der Waals surface area contributed by atoms with E-state index in [1.165, 1.54) is 0 Å². The van der Waals surface area contributed by atoms with E-state index in [1.54, 1.807) is 28.9 Å². The number of thiophene rings is 1. The van der Waals surface area contributed by atoms with Crippen LogP contribution < -0.4 is 5.73 Å². The molecule has 2 N–H and O–H groups in total. The average molecular weight is 233 g/mol. The minimum absolute atomic E-state index is 0.588. The van der Waals surface area contributed by atoms with Crippen molar-refractivity contribution in [3.63, 3.8) is 0 Å². The number of pyridine rings is 1. The smallest absolute Gasteiger partial charge is 0.132 e. The largest absolute Gasteiger partial charge is 0.383 e. The van der Waals surface area contributed by atoms with Gasteiger partial charge < -0.3 is 5.73 Å². The number of nitrogens with two attached hydrogens (primary N) is 1. The van der Waals surface area contributed by atoms with Crippen LogP contribution in [0, 0.1) is 0 Å². The molecule has 0 aliphatic carbocycles. The van der Waals surface area contributed by atoms with E-state index in [9.17, 15) is 0 Å². The topological polar surface area (TPSA) is 51.8 Å². The molecule has 0 aromatic carbocycles. The fourth-order valence-corrected chi connectivity index (χ4v) is 3.10. The zero-order valence-corrected chi connectivity index (χ0v) is 9.31. The molecule has 5 heteroatoms. The van der Waals surface area contributed by atoms with Gasteiger partial charge in [-0.1, -0.05) is 0 Å². The Morgan fingerprint density at radius 1 is 1.27 bits per heavy atom. The highest BCUT2D eigenvalue weighted by Gasteiger charge is 2.07. The summed E-state index contributed by atoms with van der Waals surface area (Å²) in [5.41, 5.74) is 8.65. The quantitative estimate of drug-likeness (QED) is 0.703. The lowest BCUT2D eigenvalue weighted by Gasteiger charge is -1.91. The number of hydrogen-bond acceptors (Lipinski definition) is 5. The predicted octanol–water partition coefficient (Wildman–Crippen LogP) is 3.00. The van der Waals surface area contributed by atoms with Gasteiger partial charge in [0.05, 0.1) is 16.1 Å². The molecule has 0 saturated carbocycles. The summed E-state index contributed by atoms with van der Waals surface area (Å²) < 4.78 is 1.16. The second-order valence-corrected chi connectivity index (χ2v) is 4.89. The predicted molar refractivity (Wildman–Crippen MR) is 65.1 cm³/mol. The number of fused-ring (bicyclic) bond motifs is 1. The molecule has 0 fully saturated rings. The third-order valence-corrected chi connectivity index (χ3v) is 3.87. The fourth-order valence-electron chi connectivity index (χ4n) is 1.44. The van der Waals surface area contributed by atoms with E-state index in [0.717, 1.165) is 20.7 Å². The van der Waals surface area contributed by atoms with Gasteiger partial charge in [0.2, 0.25) is 0 Å². The first-order valence-corrected chi connectivity index (χ1v) is 6.13. The van der Waals surface area contributed by atoms with Crippen LogP contribution in [0.5, 0.6) is 0 Å². The summed E-state index contributed by atoms with van der Waals surface area (Å²) in [6.07, 6.45) is 1.74. The second kappa shape index (κ2) is 3.29. The van der Waals surface area contributed by atoms with E-state index >= 15 is 0 Å². The van der Waals surface area contributed by atoms with Crippen molar-refractivity contribution in [2.45, 2.75) is 0 Å². The molecule has 3 rings (SSSR count). The van der Waals surface area contributed by atoms with Crippen LogP contribution in [0.3, 0.4) is 0 Å². The van der Waals surface area contributed by atoms with Gasteiger partial charge in [0.25, 0.3) is 0 Å². The van der Waals surface area contributed by atoms with Gasteiger partial charge in [0.15, 0.2) is 0 Å². The van der Waals surface area contributed by atoms with Crippen LogP contribution in [0.2, 0.25) is 0 Å². The third-order valence-electron chi connectivity index (χ3n) is 2.16. The van der Waals surface area contributed by atoms with Gasteiger partial charge in [-0.25, -0.2) is 9.97 Å². The lowest BCUT2D eigenvalue weighted by atomic mass is 10.3. The molecule has 3 aromatic rings. The van der Waals surface area contributed by atoms with E-state index in [1.807, 2.05) is 17.0 Å². The molecule has 3 nitrogen and oxygen atoms in total. The van der Waals surface area contributed by atoms with Crippen molar-refractivity contribution >= 4 is 38.6 Å². The van der Waals surface area contributed by atoms with Crippen molar-refractivity contribution in [1.29, 1.82) is 0 Å². The van der Waals surface area contributed by atoms with Crippen LogP contribution in [0.25, 0.3) is 20.7 Å². The van der Waals surface area contributed by atoms with E-state index in [2.05, 4.69) is 16.0 Å². The molecule has 0 aliphatic heterocycles. The maximum atomic E-state index is 5.80. The Labute approximate surface area is 94.2 Å². The zero-order chi connectivity index (χ0) is 10.3. The summed E-state index contributed by atoms with van der Waals surface area (Å²) in [6, 6.07) is 4.03. The van der Waals surface area contributed by atoms with Crippen molar-refractivity contribution in [2.24, 2.45) is 0 Å². The normalized spacial score (nSPS) is 10.9. The molecule has 0 radical (unpaired) electrons. The Morgan fingerprint density at radius 3 is 2.93 bits per heavy atom. The summed E-state index contributed by atoms with van der Waals surface area (Å²) in [5.74, 6) is 0.588. The van der Waals surface area contributed by atoms with Crippen LogP contribution in [0.4, 0.5) is 5.82 Å². The SMILES string of the molecule is Nc1nccc2sc(-c3cscn3)cc12. The summed E-state index contributed by atoms with van der Waals surface area (Å²) in [6.45, 7) is 0. The molecule has 0 spiro atoms. The van der Waals surface area contributed by atoms with Gasteiger partial charge in [0, 0.05) is 21.7 Å². The van der Waals surface area contributed by atoms with Crippen molar-refractivity contribution in [3.8, 4) is 10.6 Å². The van der Waals surface area contributed by atoms with E-state index in [0.29, 0.717) is 5.82 Å². The van der Waals surface area contributed by atoms with Gasteiger partial charge in [-0.3, -0.25) is 0 Å². The first kappa shape index (κ1) is 8.82. The molecule has 0 unspecified atom stereocenters. The Bertz CT molecular complexity index is 598. The Kier molecular flexibility index (Phi) is 1.93. The summed E-state index contributed by atoms with van der Waals surface area (Å²) in [7, 11) is 0. The number of thiazole rings is 1. The maximum absolute atomic E-state index is 5.80. The van der Waals surface area contributed by atoms with Gasteiger partial charge in [-0.2, -0.15) is 0 Å². The minimum Gasteiger partial charge on any atom is -0.383 e. The molecule has 74 valence electrons. The molecule has 3 heterocycles. The second-order valence-electron chi connectivity index (χ2n) is 3.09. The number of hydrogen-bond donors (Lipinski definition) is 1. The maximum Gasteiger partial charge on any atom is 0.132 e. The Morgan fingerprint density at radius 2 is 2.20 bits per heavy atom. The van der Waals surface area contributed by atoms with Crippen molar-refractivity contribution in [3.05, 3.63) is 29.2 Å². The Hall–Kier alpha value is -1.46. The number of rotatable bonds is 1. The third kappa shape index (κ3) is 1.40. The molecule has 0 aliphatic rings. The number of nitrogens with zero attached hydrogens (tertiary/aromatic N) is 2. The molecule has 0 atom stereocenters. The standard InChI is InChI=1S/C10H7N3S2/c11-10-6-3-9(7-4-14-5-13-7)15-8(6)1-2-12-10/h1-5H,(H2,11,12). The highest BCUT2D eigenvalue weighted by molar-refractivity contribution is 7.22. The first-order valence-electron chi connectivity index (χ1n) is 4.37. The highest BCUT2D eigenvalue weighted by Crippen LogP contribution is 2.34. The minimum atomic E-state index is 0.588. The summed E-state index contributed by atoms with van der Waals surface area (Å²) in [5, 5.41) is 3.06. The zero-order valence-electron chi connectivity index (χ0n) is 7.68. The highest BCUT2D eigenvalue weighted by atomic mass is 32.1. The molecular weight excluding hydrogens is 226 g/mol. The molecule has 0 amide bonds. The molecule has 0 bridgehead atoms. The summed E-state index contributed by atoms with van der Waals surface area (Å²) >= 11 is 3.29. The van der Waals surface area contributed by atoms with Crippen molar-refractivity contribution < 1.29 is 0 Å². The first-order chi connectivity index (χ1) is 7.34. The van der Waals surface area contributed by atoms with Gasteiger partial charge in [0.1, 0.15) is 5.82 Å². The summed E-state index contributed by atoms with van der Waals surface area (Å²) in [4.78, 5) is 9.49. The average Bonchev–Trinajstić information content (AvgIpc) is 2.86. The van der Waals surface area contributed by atoms with Gasteiger partial charge in [-0.05, 0) is 12.1 Å². The van der Waals surface area contributed by atoms with Crippen LogP contribution in [-0.2, 0) is 0 Å². The molecule has 0 saturated heterocycles. The van der Waals surface area contributed by atoms with Crippen LogP contribution in [0.1, 0.15) is 0 Å². The van der Waals surface area contributed by atoms with Crippen LogP contribution in [0.15, 0.2) is 29.2 Å². The lowest BCUT2D eigenvalue weighted by molar-refractivity contribution is 1.37. The van der Waals surface area contributed by atoms with Gasteiger partial charge >= 0.3 is 0 Å². The fraction of sp³-hybridized carbons (Fsp3) is 0.